The number of sulfonamides is 1. The van der Waals surface area contributed by atoms with Gasteiger partial charge < -0.3 is 5.32 Å². The third-order valence-corrected chi connectivity index (χ3v) is 6.36. The summed E-state index contributed by atoms with van der Waals surface area (Å²) >= 11 is 3.36. The van der Waals surface area contributed by atoms with Gasteiger partial charge in [0.15, 0.2) is 0 Å². The van der Waals surface area contributed by atoms with Gasteiger partial charge in [-0.1, -0.05) is 15.9 Å². The van der Waals surface area contributed by atoms with Gasteiger partial charge in [-0.25, -0.2) is 13.1 Å². The van der Waals surface area contributed by atoms with Crippen molar-refractivity contribution in [1.82, 2.24) is 15.1 Å². The summed E-state index contributed by atoms with van der Waals surface area (Å²) in [6.07, 6.45) is 1.62. The molecule has 1 aliphatic rings. The third-order valence-electron chi connectivity index (χ3n) is 4.86. The van der Waals surface area contributed by atoms with Gasteiger partial charge in [0.1, 0.15) is 5.69 Å². The standard InChI is InChI=1S/C19H17BrF2N4O3S/c1-23-18(27)17-14-8-13(10-2-3-10)16(25-30(28,29)19(21)22)9-15(14)24-26(17)12-6-4-11(20)5-7-12/h4-10,19,25H,2-3H2,1H3,(H,23,27). The molecule has 0 saturated heterocycles. The lowest BCUT2D eigenvalue weighted by atomic mass is 10.0. The van der Waals surface area contributed by atoms with E-state index < -0.39 is 15.8 Å². The van der Waals surface area contributed by atoms with E-state index in [-0.39, 0.29) is 23.2 Å². The molecular weight excluding hydrogens is 482 g/mol. The van der Waals surface area contributed by atoms with Crippen LogP contribution in [0.4, 0.5) is 14.5 Å². The second-order valence-electron chi connectivity index (χ2n) is 6.95. The van der Waals surface area contributed by atoms with Gasteiger partial charge >= 0.3 is 5.76 Å². The minimum Gasteiger partial charge on any atom is -0.354 e. The summed E-state index contributed by atoms with van der Waals surface area (Å²) in [5.41, 5.74) is 1.85. The molecule has 0 atom stereocenters. The number of fused-ring (bicyclic) bond motifs is 1. The lowest BCUT2D eigenvalue weighted by Gasteiger charge is -2.12. The Balaban J connectivity index is 1.94. The van der Waals surface area contributed by atoms with E-state index >= 15 is 0 Å². The number of halogens is 3. The van der Waals surface area contributed by atoms with Gasteiger partial charge in [0.05, 0.1) is 16.9 Å². The number of rotatable bonds is 6. The van der Waals surface area contributed by atoms with Crippen molar-refractivity contribution in [3.8, 4) is 5.69 Å². The fourth-order valence-corrected chi connectivity index (χ4v) is 4.11. The van der Waals surface area contributed by atoms with Crippen LogP contribution < -0.4 is 10.0 Å². The number of anilines is 1. The molecule has 0 spiro atoms. The summed E-state index contributed by atoms with van der Waals surface area (Å²) in [6.45, 7) is 0. The molecule has 1 aromatic heterocycles. The molecule has 1 saturated carbocycles. The van der Waals surface area contributed by atoms with Gasteiger partial charge in [-0.3, -0.25) is 9.52 Å². The number of nitrogens with zero attached hydrogens (tertiary/aromatic N) is 2. The molecule has 0 unspecified atom stereocenters. The Morgan fingerprint density at radius 1 is 1.23 bits per heavy atom. The predicted octanol–water partition coefficient (Wildman–Crippen LogP) is 3.99. The number of benzene rings is 2. The van der Waals surface area contributed by atoms with E-state index in [2.05, 4.69) is 26.3 Å². The minimum absolute atomic E-state index is 0.0401. The Hall–Kier alpha value is -2.53. The Bertz CT molecular complexity index is 1240. The first-order valence-corrected chi connectivity index (χ1v) is 11.4. The summed E-state index contributed by atoms with van der Waals surface area (Å²) in [7, 11) is -3.33. The molecule has 0 radical (unpaired) electrons. The van der Waals surface area contributed by atoms with E-state index in [0.29, 0.717) is 22.2 Å². The fourth-order valence-electron chi connectivity index (χ4n) is 3.27. The van der Waals surface area contributed by atoms with Crippen molar-refractivity contribution in [2.75, 3.05) is 11.8 Å². The lowest BCUT2D eigenvalue weighted by Crippen LogP contribution is -2.22. The predicted molar refractivity (Wildman–Crippen MR) is 113 cm³/mol. The number of aromatic nitrogens is 2. The fraction of sp³-hybridized carbons (Fsp3) is 0.263. The highest BCUT2D eigenvalue weighted by Crippen LogP contribution is 2.45. The van der Waals surface area contributed by atoms with Crippen LogP contribution in [0.3, 0.4) is 0 Å². The van der Waals surface area contributed by atoms with Gasteiger partial charge in [0.2, 0.25) is 0 Å². The van der Waals surface area contributed by atoms with E-state index in [0.717, 1.165) is 17.3 Å². The zero-order valence-electron chi connectivity index (χ0n) is 15.7. The summed E-state index contributed by atoms with van der Waals surface area (Å²) in [5.74, 6) is -3.89. The zero-order chi connectivity index (χ0) is 21.6. The molecule has 0 aliphatic heterocycles. The topological polar surface area (TPSA) is 93.1 Å². The van der Waals surface area contributed by atoms with E-state index in [1.807, 2.05) is 4.72 Å². The van der Waals surface area contributed by atoms with Crippen LogP contribution >= 0.6 is 15.9 Å². The van der Waals surface area contributed by atoms with Gasteiger partial charge in [-0.15, -0.1) is 0 Å². The van der Waals surface area contributed by atoms with E-state index in [9.17, 15) is 22.0 Å². The molecule has 1 amide bonds. The van der Waals surface area contributed by atoms with E-state index in [1.54, 1.807) is 30.3 Å². The van der Waals surface area contributed by atoms with Crippen molar-refractivity contribution >= 4 is 48.5 Å². The average molecular weight is 499 g/mol. The molecule has 2 aromatic carbocycles. The summed E-state index contributed by atoms with van der Waals surface area (Å²) in [5, 5.41) is 7.56. The largest absolute Gasteiger partial charge is 0.355 e. The number of amides is 1. The summed E-state index contributed by atoms with van der Waals surface area (Å²) in [6, 6.07) is 10.2. The molecule has 158 valence electrons. The van der Waals surface area contributed by atoms with Crippen LogP contribution in [0.25, 0.3) is 16.6 Å². The molecule has 4 rings (SSSR count). The minimum atomic E-state index is -4.83. The lowest BCUT2D eigenvalue weighted by molar-refractivity contribution is 0.0957. The molecule has 1 aliphatic carbocycles. The number of hydrogen-bond donors (Lipinski definition) is 2. The molecule has 1 fully saturated rings. The summed E-state index contributed by atoms with van der Waals surface area (Å²) < 4.78 is 53.6. The number of nitrogens with one attached hydrogen (secondary N) is 2. The Kier molecular flexibility index (Phi) is 5.27. The molecule has 30 heavy (non-hydrogen) atoms. The van der Waals surface area contributed by atoms with Crippen molar-refractivity contribution < 1.29 is 22.0 Å². The number of hydrogen-bond acceptors (Lipinski definition) is 4. The van der Waals surface area contributed by atoms with Gasteiger partial charge in [0.25, 0.3) is 15.9 Å². The van der Waals surface area contributed by atoms with Crippen molar-refractivity contribution in [1.29, 1.82) is 0 Å². The first-order valence-electron chi connectivity index (χ1n) is 9.05. The van der Waals surface area contributed by atoms with Crippen LogP contribution in [-0.4, -0.2) is 36.9 Å². The molecule has 1 heterocycles. The van der Waals surface area contributed by atoms with E-state index in [1.165, 1.54) is 17.8 Å². The number of carbonyl (C=O) groups is 1. The maximum Gasteiger partial charge on any atom is 0.355 e. The van der Waals surface area contributed by atoms with Crippen molar-refractivity contribution in [3.63, 3.8) is 0 Å². The molecule has 7 nitrogen and oxygen atoms in total. The monoisotopic (exact) mass is 498 g/mol. The van der Waals surface area contributed by atoms with Crippen LogP contribution in [0.1, 0.15) is 34.8 Å². The third kappa shape index (κ3) is 3.79. The molecule has 2 N–H and O–H groups in total. The second kappa shape index (κ2) is 7.62. The highest BCUT2D eigenvalue weighted by molar-refractivity contribution is 9.10. The maximum absolute atomic E-state index is 12.9. The average Bonchev–Trinajstić information content (AvgIpc) is 3.48. The Morgan fingerprint density at radius 2 is 1.90 bits per heavy atom. The number of carbonyl (C=O) groups excluding carboxylic acids is 1. The zero-order valence-corrected chi connectivity index (χ0v) is 18.1. The highest BCUT2D eigenvalue weighted by Gasteiger charge is 2.32. The first-order chi connectivity index (χ1) is 14.2. The van der Waals surface area contributed by atoms with E-state index in [4.69, 9.17) is 0 Å². The highest BCUT2D eigenvalue weighted by atomic mass is 79.9. The van der Waals surface area contributed by atoms with Gasteiger partial charge in [0, 0.05) is 16.9 Å². The molecular formula is C19H17BrF2N4O3S. The second-order valence-corrected chi connectivity index (χ2v) is 9.52. The first kappa shape index (κ1) is 20.7. The van der Waals surface area contributed by atoms with Gasteiger partial charge in [-0.2, -0.15) is 13.9 Å². The van der Waals surface area contributed by atoms with Crippen LogP contribution in [0.5, 0.6) is 0 Å². The van der Waals surface area contributed by atoms with Crippen molar-refractivity contribution in [2.45, 2.75) is 24.5 Å². The van der Waals surface area contributed by atoms with Gasteiger partial charge in [-0.05, 0) is 60.7 Å². The van der Waals surface area contributed by atoms with Crippen LogP contribution in [0.15, 0.2) is 40.9 Å². The smallest absolute Gasteiger partial charge is 0.354 e. The normalized spacial score (nSPS) is 14.3. The SMILES string of the molecule is CNC(=O)c1c2cc(C3CC3)c(NS(=O)(=O)C(F)F)cc2nn1-c1ccc(Br)cc1. The maximum atomic E-state index is 12.9. The van der Waals surface area contributed by atoms with Crippen molar-refractivity contribution in [3.05, 3.63) is 52.1 Å². The van der Waals surface area contributed by atoms with Crippen LogP contribution in [0.2, 0.25) is 0 Å². The molecule has 11 heteroatoms. The summed E-state index contributed by atoms with van der Waals surface area (Å²) in [4.78, 5) is 12.7. The molecule has 3 aromatic rings. The van der Waals surface area contributed by atoms with Crippen LogP contribution in [-0.2, 0) is 10.0 Å². The Morgan fingerprint density at radius 3 is 2.47 bits per heavy atom. The van der Waals surface area contributed by atoms with Crippen LogP contribution in [0, 0.1) is 0 Å². The molecule has 0 bridgehead atoms. The Labute approximate surface area is 179 Å². The quantitative estimate of drug-likeness (QED) is 0.537. The number of alkyl halides is 2. The van der Waals surface area contributed by atoms with Crippen molar-refractivity contribution in [2.24, 2.45) is 0 Å².